The van der Waals surface area contributed by atoms with Crippen LogP contribution in [0.3, 0.4) is 0 Å². The van der Waals surface area contributed by atoms with Crippen molar-refractivity contribution in [3.63, 3.8) is 0 Å². The van der Waals surface area contributed by atoms with Crippen LogP contribution in [-0.2, 0) is 0 Å². The van der Waals surface area contributed by atoms with Crippen molar-refractivity contribution in [1.29, 1.82) is 5.26 Å². The molecule has 0 fully saturated rings. The molecule has 0 aromatic rings. The molecule has 0 spiro atoms. The molecule has 0 saturated carbocycles. The van der Waals surface area contributed by atoms with Crippen LogP contribution in [0, 0.1) is 11.3 Å². The third-order valence-electron chi connectivity index (χ3n) is 1.74. The van der Waals surface area contributed by atoms with Gasteiger partial charge in [-0.2, -0.15) is 5.26 Å². The fourth-order valence-corrected chi connectivity index (χ4v) is 0.928. The molecule has 3 nitrogen and oxygen atoms in total. The molecule has 0 bridgehead atoms. The summed E-state index contributed by atoms with van der Waals surface area (Å²) in [6.45, 7) is 4.06. The van der Waals surface area contributed by atoms with Gasteiger partial charge in [0.2, 0.25) is 0 Å². The highest BCUT2D eigenvalue weighted by atomic mass is 15.1. The van der Waals surface area contributed by atoms with Crippen LogP contribution in [0.5, 0.6) is 0 Å². The van der Waals surface area contributed by atoms with Gasteiger partial charge in [-0.15, -0.1) is 0 Å². The smallest absolute Gasteiger partial charge is 0.0635 e. The Morgan fingerprint density at radius 1 is 1.50 bits per heavy atom. The topological polar surface area (TPSA) is 39.1 Å². The van der Waals surface area contributed by atoms with Crippen molar-refractivity contribution in [3.05, 3.63) is 0 Å². The Labute approximate surface area is 75.4 Å². The maximum Gasteiger partial charge on any atom is 0.0635 e. The zero-order valence-electron chi connectivity index (χ0n) is 8.30. The molecule has 0 aromatic heterocycles. The highest BCUT2D eigenvalue weighted by Crippen LogP contribution is 1.91. The second kappa shape index (κ2) is 7.08. The lowest BCUT2D eigenvalue weighted by atomic mass is 10.2. The van der Waals surface area contributed by atoms with E-state index in [1.54, 1.807) is 0 Å². The van der Waals surface area contributed by atoms with E-state index < -0.39 is 0 Å². The Hall–Kier alpha value is -0.590. The van der Waals surface area contributed by atoms with Gasteiger partial charge >= 0.3 is 0 Å². The first-order valence-electron chi connectivity index (χ1n) is 4.42. The van der Waals surface area contributed by atoms with Crippen LogP contribution in [0.25, 0.3) is 0 Å². The van der Waals surface area contributed by atoms with Gasteiger partial charge in [-0.3, -0.25) is 0 Å². The number of rotatable bonds is 6. The van der Waals surface area contributed by atoms with Gasteiger partial charge in [0, 0.05) is 19.0 Å². The van der Waals surface area contributed by atoms with Crippen molar-refractivity contribution in [2.75, 3.05) is 27.2 Å². The lowest BCUT2D eigenvalue weighted by Gasteiger charge is -2.15. The molecule has 0 aliphatic heterocycles. The average Bonchev–Trinajstić information content (AvgIpc) is 2.01. The lowest BCUT2D eigenvalue weighted by Crippen LogP contribution is -2.30. The summed E-state index contributed by atoms with van der Waals surface area (Å²) >= 11 is 0. The number of nitrogens with one attached hydrogen (secondary N) is 1. The van der Waals surface area contributed by atoms with E-state index in [2.05, 4.69) is 37.3 Å². The first-order chi connectivity index (χ1) is 5.66. The largest absolute Gasteiger partial charge is 0.313 e. The summed E-state index contributed by atoms with van der Waals surface area (Å²) < 4.78 is 0. The molecule has 0 saturated heterocycles. The van der Waals surface area contributed by atoms with E-state index in [1.807, 2.05) is 0 Å². The van der Waals surface area contributed by atoms with E-state index in [1.165, 1.54) is 0 Å². The van der Waals surface area contributed by atoms with E-state index in [0.717, 1.165) is 19.5 Å². The zero-order chi connectivity index (χ0) is 9.40. The maximum absolute atomic E-state index is 8.30. The second-order valence-corrected chi connectivity index (χ2v) is 3.36. The molecule has 0 amide bonds. The van der Waals surface area contributed by atoms with Gasteiger partial charge in [0.25, 0.3) is 0 Å². The molecule has 1 N–H and O–H groups in total. The molecular weight excluding hydrogens is 150 g/mol. The van der Waals surface area contributed by atoms with E-state index in [4.69, 9.17) is 5.26 Å². The van der Waals surface area contributed by atoms with Gasteiger partial charge in [-0.25, -0.2) is 0 Å². The van der Waals surface area contributed by atoms with Gasteiger partial charge in [-0.1, -0.05) is 0 Å². The molecule has 1 atom stereocenters. The minimum Gasteiger partial charge on any atom is -0.313 e. The zero-order valence-corrected chi connectivity index (χ0v) is 8.30. The number of hydrogen-bond acceptors (Lipinski definition) is 3. The standard InChI is InChI=1S/C9H19N3/c1-9(5-8-12(2)3)11-7-4-6-10/h9,11H,4-5,7-8H2,1-3H3. The van der Waals surface area contributed by atoms with Crippen molar-refractivity contribution in [2.24, 2.45) is 0 Å². The van der Waals surface area contributed by atoms with Crippen LogP contribution in [0.2, 0.25) is 0 Å². The highest BCUT2D eigenvalue weighted by Gasteiger charge is 2.00. The lowest BCUT2D eigenvalue weighted by molar-refractivity contribution is 0.367. The number of nitriles is 1. The molecule has 0 aromatic carbocycles. The van der Waals surface area contributed by atoms with Crippen LogP contribution < -0.4 is 5.32 Å². The van der Waals surface area contributed by atoms with Gasteiger partial charge in [0.15, 0.2) is 0 Å². The van der Waals surface area contributed by atoms with Crippen LogP contribution >= 0.6 is 0 Å². The monoisotopic (exact) mass is 169 g/mol. The predicted octanol–water partition coefficient (Wildman–Crippen LogP) is 0.830. The van der Waals surface area contributed by atoms with E-state index in [0.29, 0.717) is 12.5 Å². The third-order valence-corrected chi connectivity index (χ3v) is 1.74. The second-order valence-electron chi connectivity index (χ2n) is 3.36. The van der Waals surface area contributed by atoms with Gasteiger partial charge in [-0.05, 0) is 34.0 Å². The van der Waals surface area contributed by atoms with E-state index in [9.17, 15) is 0 Å². The Morgan fingerprint density at radius 3 is 2.67 bits per heavy atom. The van der Waals surface area contributed by atoms with Gasteiger partial charge in [0.05, 0.1) is 6.07 Å². The summed E-state index contributed by atoms with van der Waals surface area (Å²) in [5.41, 5.74) is 0. The van der Waals surface area contributed by atoms with Crippen molar-refractivity contribution in [2.45, 2.75) is 25.8 Å². The fourth-order valence-electron chi connectivity index (χ4n) is 0.928. The predicted molar refractivity (Wildman–Crippen MR) is 50.9 cm³/mol. The van der Waals surface area contributed by atoms with Crippen LogP contribution in [0.4, 0.5) is 0 Å². The Bertz CT molecular complexity index is 137. The maximum atomic E-state index is 8.30. The van der Waals surface area contributed by atoms with Crippen molar-refractivity contribution in [1.82, 2.24) is 10.2 Å². The average molecular weight is 169 g/mol. The van der Waals surface area contributed by atoms with Crippen LogP contribution in [0.15, 0.2) is 0 Å². The van der Waals surface area contributed by atoms with Gasteiger partial charge < -0.3 is 10.2 Å². The van der Waals surface area contributed by atoms with Crippen molar-refractivity contribution < 1.29 is 0 Å². The Balaban J connectivity index is 3.22. The Kier molecular flexibility index (Phi) is 6.73. The fraction of sp³-hybridized carbons (Fsp3) is 0.889. The molecule has 0 radical (unpaired) electrons. The minimum atomic E-state index is 0.515. The SMILES string of the molecule is CC(CCN(C)C)NCCC#N. The number of hydrogen-bond donors (Lipinski definition) is 1. The summed E-state index contributed by atoms with van der Waals surface area (Å²) in [4.78, 5) is 2.17. The summed E-state index contributed by atoms with van der Waals surface area (Å²) in [6, 6.07) is 2.63. The molecule has 12 heavy (non-hydrogen) atoms. The van der Waals surface area contributed by atoms with Crippen LogP contribution in [-0.4, -0.2) is 38.1 Å². The summed E-state index contributed by atoms with van der Waals surface area (Å²) in [5.74, 6) is 0. The molecule has 70 valence electrons. The molecule has 0 aliphatic rings. The first kappa shape index (κ1) is 11.4. The molecule has 0 heterocycles. The van der Waals surface area contributed by atoms with E-state index >= 15 is 0 Å². The van der Waals surface area contributed by atoms with E-state index in [-0.39, 0.29) is 0 Å². The summed E-state index contributed by atoms with van der Waals surface area (Å²) in [6.07, 6.45) is 1.74. The first-order valence-corrected chi connectivity index (χ1v) is 4.42. The molecule has 0 aliphatic carbocycles. The highest BCUT2D eigenvalue weighted by molar-refractivity contribution is 4.72. The number of nitrogens with zero attached hydrogens (tertiary/aromatic N) is 2. The van der Waals surface area contributed by atoms with Crippen molar-refractivity contribution >= 4 is 0 Å². The normalized spacial score (nSPS) is 12.9. The Morgan fingerprint density at radius 2 is 2.17 bits per heavy atom. The molecule has 3 heteroatoms. The quantitative estimate of drug-likeness (QED) is 0.599. The molecule has 0 rings (SSSR count). The van der Waals surface area contributed by atoms with Crippen molar-refractivity contribution in [3.8, 4) is 6.07 Å². The van der Waals surface area contributed by atoms with Gasteiger partial charge in [0.1, 0.15) is 0 Å². The molecular formula is C9H19N3. The summed E-state index contributed by atoms with van der Waals surface area (Å²) in [7, 11) is 4.14. The molecule has 1 unspecified atom stereocenters. The third kappa shape index (κ3) is 7.52. The van der Waals surface area contributed by atoms with Crippen LogP contribution in [0.1, 0.15) is 19.8 Å². The summed E-state index contributed by atoms with van der Waals surface area (Å²) in [5, 5.41) is 11.6. The minimum absolute atomic E-state index is 0.515.